The van der Waals surface area contributed by atoms with Crippen LogP contribution in [0.4, 0.5) is 39.5 Å². The summed E-state index contributed by atoms with van der Waals surface area (Å²) in [6, 6.07) is 3.07. The molecule has 158 valence electrons. The van der Waals surface area contributed by atoms with Crippen LogP contribution in [-0.2, 0) is 6.11 Å². The molecule has 30 heavy (non-hydrogen) atoms. The fourth-order valence-electron chi connectivity index (χ4n) is 2.63. The number of benzene rings is 3. The van der Waals surface area contributed by atoms with Gasteiger partial charge >= 0.3 is 6.11 Å². The summed E-state index contributed by atoms with van der Waals surface area (Å²) in [5, 5.41) is 0. The van der Waals surface area contributed by atoms with Gasteiger partial charge in [-0.15, -0.1) is 0 Å². The summed E-state index contributed by atoms with van der Waals surface area (Å²) in [6.07, 6.45) is -4.66. The molecule has 0 aliphatic rings. The Kier molecular flexibility index (Phi) is 5.44. The molecular formula is C20H9F9O. The molecule has 0 radical (unpaired) electrons. The molecule has 0 bridgehead atoms. The lowest BCUT2D eigenvalue weighted by molar-refractivity contribution is -0.187. The van der Waals surface area contributed by atoms with E-state index < -0.39 is 69.3 Å². The van der Waals surface area contributed by atoms with Gasteiger partial charge in [0.2, 0.25) is 0 Å². The van der Waals surface area contributed by atoms with Gasteiger partial charge < -0.3 is 4.74 Å². The average molecular weight is 436 g/mol. The zero-order valence-corrected chi connectivity index (χ0v) is 14.8. The lowest BCUT2D eigenvalue weighted by Crippen LogP contribution is -2.24. The Bertz CT molecular complexity index is 1120. The van der Waals surface area contributed by atoms with Crippen LogP contribution in [-0.4, -0.2) is 0 Å². The molecule has 0 saturated heterocycles. The van der Waals surface area contributed by atoms with Crippen molar-refractivity contribution in [1.82, 2.24) is 0 Å². The van der Waals surface area contributed by atoms with E-state index in [2.05, 4.69) is 4.74 Å². The zero-order chi connectivity index (χ0) is 22.4. The Morgan fingerprint density at radius 2 is 1.13 bits per heavy atom. The number of hydrogen-bond donors (Lipinski definition) is 0. The van der Waals surface area contributed by atoms with Gasteiger partial charge in [0.25, 0.3) is 0 Å². The molecule has 0 amide bonds. The van der Waals surface area contributed by atoms with Gasteiger partial charge in [-0.3, -0.25) is 0 Å². The van der Waals surface area contributed by atoms with E-state index >= 15 is 0 Å². The largest absolute Gasteiger partial charge is 0.429 e. The summed E-state index contributed by atoms with van der Waals surface area (Å²) in [6.45, 7) is 1.22. The molecular weight excluding hydrogens is 427 g/mol. The van der Waals surface area contributed by atoms with Crippen LogP contribution in [0.15, 0.2) is 36.4 Å². The molecule has 3 aromatic rings. The third-order valence-corrected chi connectivity index (χ3v) is 4.16. The van der Waals surface area contributed by atoms with Gasteiger partial charge in [-0.2, -0.15) is 8.78 Å². The molecule has 0 aliphatic heterocycles. The third-order valence-electron chi connectivity index (χ3n) is 4.16. The summed E-state index contributed by atoms with van der Waals surface area (Å²) >= 11 is 0. The van der Waals surface area contributed by atoms with Crippen molar-refractivity contribution in [2.24, 2.45) is 0 Å². The van der Waals surface area contributed by atoms with Gasteiger partial charge in [-0.1, -0.05) is 18.2 Å². The molecule has 3 aromatic carbocycles. The number of hydrogen-bond acceptors (Lipinski definition) is 1. The number of aryl methyl sites for hydroxylation is 1. The maximum atomic E-state index is 14.4. The van der Waals surface area contributed by atoms with Crippen LogP contribution in [0.3, 0.4) is 0 Å². The molecule has 0 saturated carbocycles. The van der Waals surface area contributed by atoms with Crippen LogP contribution >= 0.6 is 0 Å². The second kappa shape index (κ2) is 7.58. The first-order valence-corrected chi connectivity index (χ1v) is 8.09. The lowest BCUT2D eigenvalue weighted by atomic mass is 10.00. The van der Waals surface area contributed by atoms with E-state index in [1.165, 1.54) is 6.92 Å². The second-order valence-corrected chi connectivity index (χ2v) is 6.17. The number of alkyl halides is 2. The van der Waals surface area contributed by atoms with Gasteiger partial charge in [0.1, 0.15) is 11.3 Å². The maximum absolute atomic E-state index is 14.4. The smallest absolute Gasteiger partial charge is 0.429 e. The second-order valence-electron chi connectivity index (χ2n) is 6.17. The fraction of sp³-hybridized carbons (Fsp3) is 0.100. The molecule has 0 heterocycles. The Morgan fingerprint density at radius 1 is 0.633 bits per heavy atom. The number of halogens is 9. The van der Waals surface area contributed by atoms with Crippen LogP contribution in [0, 0.1) is 47.6 Å². The molecule has 0 spiro atoms. The minimum absolute atomic E-state index is 0.0827. The van der Waals surface area contributed by atoms with Crippen molar-refractivity contribution in [3.8, 4) is 16.9 Å². The van der Waals surface area contributed by atoms with Crippen molar-refractivity contribution in [3.05, 3.63) is 88.2 Å². The van der Waals surface area contributed by atoms with E-state index in [9.17, 15) is 39.5 Å². The van der Waals surface area contributed by atoms with Crippen molar-refractivity contribution >= 4 is 0 Å². The molecule has 0 atom stereocenters. The summed E-state index contributed by atoms with van der Waals surface area (Å²) in [4.78, 5) is 0. The van der Waals surface area contributed by atoms with E-state index in [1.807, 2.05) is 0 Å². The average Bonchev–Trinajstić information content (AvgIpc) is 2.66. The van der Waals surface area contributed by atoms with E-state index in [1.54, 1.807) is 0 Å². The highest BCUT2D eigenvalue weighted by atomic mass is 19.3. The van der Waals surface area contributed by atoms with Gasteiger partial charge in [-0.05, 0) is 18.6 Å². The van der Waals surface area contributed by atoms with E-state index in [0.717, 1.165) is 12.1 Å². The molecule has 0 fully saturated rings. The molecule has 0 unspecified atom stereocenters. The highest BCUT2D eigenvalue weighted by Gasteiger charge is 2.40. The topological polar surface area (TPSA) is 9.23 Å². The minimum atomic E-state index is -4.66. The van der Waals surface area contributed by atoms with Crippen molar-refractivity contribution in [2.75, 3.05) is 0 Å². The maximum Gasteiger partial charge on any atom is 0.429 e. The van der Waals surface area contributed by atoms with Crippen LogP contribution < -0.4 is 4.74 Å². The SMILES string of the molecule is Cc1ccc(-c2ccc(C(F)(F)Oc3cc(F)c(F)c(F)c3)c(F)c2F)c(F)c1F. The number of ether oxygens (including phenoxy) is 1. The van der Waals surface area contributed by atoms with Gasteiger partial charge in [0.15, 0.2) is 40.7 Å². The predicted octanol–water partition coefficient (Wildman–Crippen LogP) is 6.76. The Morgan fingerprint density at radius 3 is 1.70 bits per heavy atom. The van der Waals surface area contributed by atoms with Crippen molar-refractivity contribution in [1.29, 1.82) is 0 Å². The van der Waals surface area contributed by atoms with Gasteiger partial charge in [0.05, 0.1) is 0 Å². The normalized spacial score (nSPS) is 11.7. The predicted molar refractivity (Wildman–Crippen MR) is 87.3 cm³/mol. The molecule has 0 aromatic heterocycles. The first kappa shape index (κ1) is 21.5. The minimum Gasteiger partial charge on any atom is -0.429 e. The number of rotatable bonds is 4. The van der Waals surface area contributed by atoms with Crippen molar-refractivity contribution in [2.45, 2.75) is 13.0 Å². The quantitative estimate of drug-likeness (QED) is 0.324. The first-order valence-electron chi connectivity index (χ1n) is 8.09. The Hall–Kier alpha value is -3.17. The third kappa shape index (κ3) is 3.69. The van der Waals surface area contributed by atoms with E-state index in [4.69, 9.17) is 0 Å². The van der Waals surface area contributed by atoms with Gasteiger partial charge in [-0.25, -0.2) is 30.7 Å². The highest BCUT2D eigenvalue weighted by molar-refractivity contribution is 5.66. The standard InChI is InChI=1S/C20H9F9O/c1-8-2-3-10(16(24)15(8)23)11-4-5-12(18(26)17(11)25)20(28,29)30-9-6-13(21)19(27)14(22)7-9/h2-7H,1H3. The highest BCUT2D eigenvalue weighted by Crippen LogP contribution is 2.38. The summed E-state index contributed by atoms with van der Waals surface area (Å²) < 4.78 is 128. The van der Waals surface area contributed by atoms with E-state index in [0.29, 0.717) is 12.1 Å². The van der Waals surface area contributed by atoms with Crippen LogP contribution in [0.5, 0.6) is 5.75 Å². The molecule has 10 heteroatoms. The van der Waals surface area contributed by atoms with Crippen LogP contribution in [0.25, 0.3) is 11.1 Å². The molecule has 0 aliphatic carbocycles. The monoisotopic (exact) mass is 436 g/mol. The summed E-state index contributed by atoms with van der Waals surface area (Å²) in [7, 11) is 0. The van der Waals surface area contributed by atoms with Crippen molar-refractivity contribution < 1.29 is 44.3 Å². The zero-order valence-electron chi connectivity index (χ0n) is 14.8. The fourth-order valence-corrected chi connectivity index (χ4v) is 2.63. The summed E-state index contributed by atoms with van der Waals surface area (Å²) in [5.74, 6) is -13.8. The van der Waals surface area contributed by atoms with Crippen LogP contribution in [0.2, 0.25) is 0 Å². The molecule has 0 N–H and O–H groups in total. The van der Waals surface area contributed by atoms with Crippen molar-refractivity contribution in [3.63, 3.8) is 0 Å². The molecule has 1 nitrogen and oxygen atoms in total. The summed E-state index contributed by atoms with van der Waals surface area (Å²) in [5.41, 5.74) is -3.37. The first-order chi connectivity index (χ1) is 13.9. The Labute approximate surface area is 163 Å². The molecule has 3 rings (SSSR count). The van der Waals surface area contributed by atoms with Gasteiger partial charge in [0, 0.05) is 23.3 Å². The van der Waals surface area contributed by atoms with Crippen LogP contribution in [0.1, 0.15) is 11.1 Å². The lowest BCUT2D eigenvalue weighted by Gasteiger charge is -2.20. The Balaban J connectivity index is 2.04. The van der Waals surface area contributed by atoms with E-state index in [-0.39, 0.29) is 17.7 Å².